The number of hydrogen-bond acceptors (Lipinski definition) is 4. The molecule has 2 unspecified atom stereocenters. The van der Waals surface area contributed by atoms with Crippen LogP contribution in [0.15, 0.2) is 0 Å². The number of rotatable bonds is 2. The van der Waals surface area contributed by atoms with E-state index in [4.69, 9.17) is 9.84 Å². The molecule has 0 aromatic heterocycles. The van der Waals surface area contributed by atoms with Gasteiger partial charge in [0.2, 0.25) is 0 Å². The zero-order valence-electron chi connectivity index (χ0n) is 10.4. The number of amides is 2. The maximum absolute atomic E-state index is 12.3. The summed E-state index contributed by atoms with van der Waals surface area (Å²) in [5, 5.41) is 9.08. The molecule has 7 heteroatoms. The van der Waals surface area contributed by atoms with Crippen LogP contribution in [0.4, 0.5) is 4.79 Å². The number of carbonyl (C=O) groups is 2. The lowest BCUT2D eigenvalue weighted by Crippen LogP contribution is -2.52. The smallest absolute Gasteiger partial charge is 0.327 e. The van der Waals surface area contributed by atoms with Crippen molar-refractivity contribution in [3.8, 4) is 0 Å². The van der Waals surface area contributed by atoms with E-state index in [-0.39, 0.29) is 12.1 Å². The largest absolute Gasteiger partial charge is 0.480 e. The number of hydrogen-bond donors (Lipinski definition) is 1. The Hall–Kier alpha value is -0.950. The third-order valence-corrected chi connectivity index (χ3v) is 4.41. The Balaban J connectivity index is 1.99. The summed E-state index contributed by atoms with van der Waals surface area (Å²) >= 11 is 1.48. The molecule has 102 valence electrons. The van der Waals surface area contributed by atoms with Crippen molar-refractivity contribution in [2.75, 3.05) is 31.8 Å². The molecule has 2 aliphatic heterocycles. The van der Waals surface area contributed by atoms with Gasteiger partial charge in [-0.25, -0.2) is 9.59 Å². The third-order valence-electron chi connectivity index (χ3n) is 3.40. The Morgan fingerprint density at radius 2 is 2.22 bits per heavy atom. The fourth-order valence-corrected chi connectivity index (χ4v) is 3.46. The van der Waals surface area contributed by atoms with Gasteiger partial charge in [-0.15, -0.1) is 11.8 Å². The fourth-order valence-electron chi connectivity index (χ4n) is 2.32. The zero-order chi connectivity index (χ0) is 13.1. The summed E-state index contributed by atoms with van der Waals surface area (Å²) in [5.41, 5.74) is 0. The van der Waals surface area contributed by atoms with E-state index in [0.717, 1.165) is 12.8 Å². The summed E-state index contributed by atoms with van der Waals surface area (Å²) in [5.74, 6) is 0.0145. The van der Waals surface area contributed by atoms with Crippen LogP contribution in [0.3, 0.4) is 0 Å². The molecule has 2 aliphatic rings. The van der Waals surface area contributed by atoms with Gasteiger partial charge in [0.25, 0.3) is 0 Å². The fraction of sp³-hybridized carbons (Fsp3) is 0.818. The molecular formula is C11H18N2O4S. The maximum Gasteiger partial charge on any atom is 0.327 e. The topological polar surface area (TPSA) is 70.1 Å². The number of nitrogens with zero attached hydrogens (tertiary/aromatic N) is 2. The van der Waals surface area contributed by atoms with Crippen molar-refractivity contribution in [1.29, 1.82) is 0 Å². The Bertz CT molecular complexity index is 339. The minimum Gasteiger partial charge on any atom is -0.480 e. The highest BCUT2D eigenvalue weighted by atomic mass is 32.2. The Kier molecular flexibility index (Phi) is 4.34. The first-order chi connectivity index (χ1) is 8.63. The number of ether oxygens (including phenoxy) is 1. The van der Waals surface area contributed by atoms with Crippen LogP contribution in [0.2, 0.25) is 0 Å². The average molecular weight is 274 g/mol. The Labute approximate surface area is 110 Å². The molecule has 2 rings (SSSR count). The van der Waals surface area contributed by atoms with Crippen LogP contribution in [-0.2, 0) is 9.53 Å². The first-order valence-electron chi connectivity index (χ1n) is 6.02. The second-order valence-electron chi connectivity index (χ2n) is 4.55. The van der Waals surface area contributed by atoms with Crippen molar-refractivity contribution in [3.63, 3.8) is 0 Å². The second-order valence-corrected chi connectivity index (χ2v) is 5.55. The van der Waals surface area contributed by atoms with Crippen molar-refractivity contribution in [2.24, 2.45) is 0 Å². The van der Waals surface area contributed by atoms with Gasteiger partial charge in [0, 0.05) is 26.0 Å². The van der Waals surface area contributed by atoms with Gasteiger partial charge in [-0.2, -0.15) is 0 Å². The van der Waals surface area contributed by atoms with E-state index in [2.05, 4.69) is 0 Å². The van der Waals surface area contributed by atoms with E-state index in [9.17, 15) is 9.59 Å². The summed E-state index contributed by atoms with van der Waals surface area (Å²) in [6.07, 6.45) is 1.93. The summed E-state index contributed by atoms with van der Waals surface area (Å²) in [4.78, 5) is 26.5. The van der Waals surface area contributed by atoms with Crippen molar-refractivity contribution >= 4 is 23.8 Å². The highest BCUT2D eigenvalue weighted by molar-refractivity contribution is 7.99. The summed E-state index contributed by atoms with van der Waals surface area (Å²) in [6, 6.07) is -0.862. The molecule has 1 N–H and O–H groups in total. The van der Waals surface area contributed by atoms with Crippen molar-refractivity contribution in [1.82, 2.24) is 9.80 Å². The SMILES string of the molecule is COC1CCCN(C(=O)N2CSCC2C(=O)O)C1. The van der Waals surface area contributed by atoms with Crippen LogP contribution in [0.25, 0.3) is 0 Å². The number of carboxylic acid groups (broad SMARTS) is 1. The lowest BCUT2D eigenvalue weighted by Gasteiger charge is -2.35. The molecule has 0 aliphatic carbocycles. The van der Waals surface area contributed by atoms with E-state index in [0.29, 0.717) is 24.7 Å². The van der Waals surface area contributed by atoms with Crippen LogP contribution in [0, 0.1) is 0 Å². The third kappa shape index (κ3) is 2.72. The molecule has 0 bridgehead atoms. The van der Waals surface area contributed by atoms with Crippen LogP contribution in [0.1, 0.15) is 12.8 Å². The molecule has 0 aromatic rings. The molecule has 2 heterocycles. The number of piperidine rings is 1. The maximum atomic E-state index is 12.3. The number of thioether (sulfide) groups is 1. The molecule has 0 radical (unpaired) electrons. The number of aliphatic carboxylic acids is 1. The second kappa shape index (κ2) is 5.79. The average Bonchev–Trinajstić information content (AvgIpc) is 2.87. The molecule has 2 fully saturated rings. The number of methoxy groups -OCH3 is 1. The molecule has 0 saturated carbocycles. The molecule has 6 nitrogen and oxygen atoms in total. The van der Waals surface area contributed by atoms with Crippen LogP contribution >= 0.6 is 11.8 Å². The monoisotopic (exact) mass is 274 g/mol. The number of likely N-dealkylation sites (tertiary alicyclic amines) is 1. The van der Waals surface area contributed by atoms with Gasteiger partial charge in [-0.3, -0.25) is 0 Å². The van der Waals surface area contributed by atoms with Crippen molar-refractivity contribution < 1.29 is 19.4 Å². The van der Waals surface area contributed by atoms with Gasteiger partial charge in [-0.05, 0) is 12.8 Å². The highest BCUT2D eigenvalue weighted by Crippen LogP contribution is 2.24. The summed E-state index contributed by atoms with van der Waals surface area (Å²) < 4.78 is 5.27. The first kappa shape index (κ1) is 13.5. The summed E-state index contributed by atoms with van der Waals surface area (Å²) in [7, 11) is 1.64. The van der Waals surface area contributed by atoms with Crippen molar-refractivity contribution in [3.05, 3.63) is 0 Å². The van der Waals surface area contributed by atoms with Gasteiger partial charge >= 0.3 is 12.0 Å². The van der Waals surface area contributed by atoms with Gasteiger partial charge in [0.15, 0.2) is 0 Å². The molecule has 2 atom stereocenters. The Morgan fingerprint density at radius 3 is 2.89 bits per heavy atom. The molecule has 0 spiro atoms. The number of urea groups is 1. The van der Waals surface area contributed by atoms with Crippen LogP contribution in [-0.4, -0.2) is 70.9 Å². The first-order valence-corrected chi connectivity index (χ1v) is 7.18. The molecule has 18 heavy (non-hydrogen) atoms. The lowest BCUT2D eigenvalue weighted by atomic mass is 10.1. The molecule has 2 amide bonds. The predicted molar refractivity (Wildman–Crippen MR) is 67.6 cm³/mol. The van der Waals surface area contributed by atoms with E-state index in [1.165, 1.54) is 16.7 Å². The van der Waals surface area contributed by atoms with E-state index < -0.39 is 12.0 Å². The van der Waals surface area contributed by atoms with Gasteiger partial charge in [-0.1, -0.05) is 0 Å². The standard InChI is InChI=1S/C11H18N2O4S/c1-17-8-3-2-4-12(5-8)11(16)13-7-18-6-9(13)10(14)15/h8-9H,2-7H2,1H3,(H,14,15). The highest BCUT2D eigenvalue weighted by Gasteiger charge is 2.37. The quantitative estimate of drug-likeness (QED) is 0.801. The van der Waals surface area contributed by atoms with Gasteiger partial charge < -0.3 is 19.6 Å². The number of carbonyl (C=O) groups excluding carboxylic acids is 1. The molecule has 2 saturated heterocycles. The normalized spacial score (nSPS) is 28.5. The molecular weight excluding hydrogens is 256 g/mol. The van der Waals surface area contributed by atoms with Gasteiger partial charge in [0.1, 0.15) is 6.04 Å². The minimum absolute atomic E-state index is 0.0706. The van der Waals surface area contributed by atoms with E-state index in [1.807, 2.05) is 0 Å². The van der Waals surface area contributed by atoms with E-state index in [1.54, 1.807) is 12.0 Å². The summed E-state index contributed by atoms with van der Waals surface area (Å²) in [6.45, 7) is 1.25. The predicted octanol–water partition coefficient (Wildman–Crippen LogP) is 0.677. The van der Waals surface area contributed by atoms with Crippen molar-refractivity contribution in [2.45, 2.75) is 25.0 Å². The lowest BCUT2D eigenvalue weighted by molar-refractivity contribution is -0.141. The molecule has 0 aromatic carbocycles. The Morgan fingerprint density at radius 1 is 1.44 bits per heavy atom. The van der Waals surface area contributed by atoms with Crippen LogP contribution < -0.4 is 0 Å². The minimum atomic E-state index is -0.923. The van der Waals surface area contributed by atoms with Gasteiger partial charge in [0.05, 0.1) is 12.0 Å². The zero-order valence-corrected chi connectivity index (χ0v) is 11.2. The number of carboxylic acids is 1. The van der Waals surface area contributed by atoms with Crippen LogP contribution in [0.5, 0.6) is 0 Å². The van der Waals surface area contributed by atoms with E-state index >= 15 is 0 Å².